The highest BCUT2D eigenvalue weighted by molar-refractivity contribution is 9.10. The van der Waals surface area contributed by atoms with Crippen LogP contribution < -0.4 is 10.5 Å². The molecule has 0 radical (unpaired) electrons. The van der Waals surface area contributed by atoms with Crippen LogP contribution in [0.2, 0.25) is 0 Å². The van der Waals surface area contributed by atoms with E-state index >= 15 is 0 Å². The molecule has 2 rings (SSSR count). The molecule has 2 N–H and O–H groups in total. The third-order valence-electron chi connectivity index (χ3n) is 2.53. The minimum absolute atomic E-state index is 0.325. The normalized spacial score (nSPS) is 9.78. The largest absolute Gasteiger partial charge is 0.487 e. The molecule has 0 amide bonds. The van der Waals surface area contributed by atoms with Gasteiger partial charge in [0.05, 0.1) is 5.56 Å². The Bertz CT molecular complexity index is 585. The summed E-state index contributed by atoms with van der Waals surface area (Å²) in [5.41, 5.74) is 7.94. The van der Waals surface area contributed by atoms with E-state index in [1.165, 1.54) is 0 Å². The maximum atomic E-state index is 8.96. The summed E-state index contributed by atoms with van der Waals surface area (Å²) < 4.78 is 6.54. The number of halogens is 1. The fraction of sp³-hybridized carbons (Fsp3) is 0.0714. The van der Waals surface area contributed by atoms with Gasteiger partial charge in [-0.15, -0.1) is 0 Å². The van der Waals surface area contributed by atoms with Gasteiger partial charge in [-0.2, -0.15) is 5.26 Å². The number of nitriles is 1. The summed E-state index contributed by atoms with van der Waals surface area (Å²) in [5.74, 6) is 0.565. The van der Waals surface area contributed by atoms with Gasteiger partial charge >= 0.3 is 0 Å². The SMILES string of the molecule is N#Cc1ccccc1OCc1c(N)cccc1Br. The molecule has 0 aliphatic heterocycles. The molecule has 2 aromatic rings. The van der Waals surface area contributed by atoms with Crippen molar-refractivity contribution in [2.45, 2.75) is 6.61 Å². The van der Waals surface area contributed by atoms with E-state index in [4.69, 9.17) is 15.7 Å². The molecule has 0 fully saturated rings. The van der Waals surface area contributed by atoms with Crippen LogP contribution in [0.3, 0.4) is 0 Å². The van der Waals surface area contributed by atoms with Gasteiger partial charge in [-0.25, -0.2) is 0 Å². The van der Waals surface area contributed by atoms with Crippen LogP contribution in [0.5, 0.6) is 5.75 Å². The van der Waals surface area contributed by atoms with Crippen LogP contribution in [0.25, 0.3) is 0 Å². The second-order valence-corrected chi connectivity index (χ2v) is 4.56. The molecule has 0 unspecified atom stereocenters. The molecular formula is C14H11BrN2O. The molecule has 0 saturated carbocycles. The van der Waals surface area contributed by atoms with E-state index in [1.54, 1.807) is 18.2 Å². The molecule has 0 aliphatic rings. The molecule has 0 saturated heterocycles. The Labute approximate surface area is 114 Å². The van der Waals surface area contributed by atoms with Crippen molar-refractivity contribution in [2.24, 2.45) is 0 Å². The summed E-state index contributed by atoms with van der Waals surface area (Å²) in [6.07, 6.45) is 0. The summed E-state index contributed by atoms with van der Waals surface area (Å²) in [5, 5.41) is 8.96. The fourth-order valence-corrected chi connectivity index (χ4v) is 2.06. The van der Waals surface area contributed by atoms with Gasteiger partial charge in [0.2, 0.25) is 0 Å². The van der Waals surface area contributed by atoms with Gasteiger partial charge in [-0.3, -0.25) is 0 Å². The fourth-order valence-electron chi connectivity index (χ4n) is 1.56. The van der Waals surface area contributed by atoms with Crippen LogP contribution >= 0.6 is 15.9 Å². The van der Waals surface area contributed by atoms with Crippen molar-refractivity contribution < 1.29 is 4.74 Å². The van der Waals surface area contributed by atoms with Crippen molar-refractivity contribution in [3.05, 3.63) is 58.1 Å². The molecule has 90 valence electrons. The van der Waals surface area contributed by atoms with Gasteiger partial charge in [0.1, 0.15) is 18.4 Å². The number of para-hydroxylation sites is 1. The van der Waals surface area contributed by atoms with Crippen LogP contribution in [0, 0.1) is 11.3 Å². The van der Waals surface area contributed by atoms with E-state index in [0.717, 1.165) is 10.0 Å². The van der Waals surface area contributed by atoms with E-state index < -0.39 is 0 Å². The lowest BCUT2D eigenvalue weighted by molar-refractivity contribution is 0.305. The standard InChI is InChI=1S/C14H11BrN2O/c15-12-5-3-6-13(17)11(12)9-18-14-7-2-1-4-10(14)8-16/h1-7H,9,17H2. The van der Waals surface area contributed by atoms with E-state index in [9.17, 15) is 0 Å². The Morgan fingerprint density at radius 2 is 1.94 bits per heavy atom. The van der Waals surface area contributed by atoms with Gasteiger partial charge in [0.25, 0.3) is 0 Å². The van der Waals surface area contributed by atoms with Crippen LogP contribution in [0.1, 0.15) is 11.1 Å². The molecule has 0 heterocycles. The molecule has 2 aromatic carbocycles. The Hall–Kier alpha value is -1.99. The maximum Gasteiger partial charge on any atom is 0.137 e. The smallest absolute Gasteiger partial charge is 0.137 e. The van der Waals surface area contributed by atoms with Crippen molar-refractivity contribution in [1.82, 2.24) is 0 Å². The lowest BCUT2D eigenvalue weighted by Gasteiger charge is -2.11. The number of nitrogens with two attached hydrogens (primary N) is 1. The highest BCUT2D eigenvalue weighted by atomic mass is 79.9. The first kappa shape index (κ1) is 12.5. The molecule has 4 heteroatoms. The molecule has 0 bridgehead atoms. The molecular weight excluding hydrogens is 292 g/mol. The number of benzene rings is 2. The minimum Gasteiger partial charge on any atom is -0.487 e. The van der Waals surface area contributed by atoms with Crippen LogP contribution in [0.15, 0.2) is 46.9 Å². The Balaban J connectivity index is 2.20. The number of anilines is 1. The van der Waals surface area contributed by atoms with E-state index in [2.05, 4.69) is 22.0 Å². The quantitative estimate of drug-likeness (QED) is 0.883. The van der Waals surface area contributed by atoms with Crippen molar-refractivity contribution in [1.29, 1.82) is 5.26 Å². The Morgan fingerprint density at radius 3 is 2.67 bits per heavy atom. The van der Waals surface area contributed by atoms with Crippen LogP contribution in [-0.4, -0.2) is 0 Å². The average Bonchev–Trinajstić information content (AvgIpc) is 2.38. The Morgan fingerprint density at radius 1 is 1.17 bits per heavy atom. The van der Waals surface area contributed by atoms with E-state index in [-0.39, 0.29) is 0 Å². The Kier molecular flexibility index (Phi) is 3.85. The zero-order chi connectivity index (χ0) is 13.0. The number of hydrogen-bond donors (Lipinski definition) is 1. The minimum atomic E-state index is 0.325. The lowest BCUT2D eigenvalue weighted by Crippen LogP contribution is -2.02. The van der Waals surface area contributed by atoms with Gasteiger partial charge in [0.15, 0.2) is 0 Å². The van der Waals surface area contributed by atoms with Crippen molar-refractivity contribution in [2.75, 3.05) is 5.73 Å². The number of hydrogen-bond acceptors (Lipinski definition) is 3. The van der Waals surface area contributed by atoms with Crippen molar-refractivity contribution >= 4 is 21.6 Å². The monoisotopic (exact) mass is 302 g/mol. The summed E-state index contributed by atoms with van der Waals surface area (Å²) in [6.45, 7) is 0.325. The lowest BCUT2D eigenvalue weighted by atomic mass is 10.2. The van der Waals surface area contributed by atoms with Gasteiger partial charge in [0, 0.05) is 15.7 Å². The molecule has 3 nitrogen and oxygen atoms in total. The van der Waals surface area contributed by atoms with Crippen molar-refractivity contribution in [3.8, 4) is 11.8 Å². The third kappa shape index (κ3) is 2.63. The molecule has 0 aliphatic carbocycles. The summed E-state index contributed by atoms with van der Waals surface area (Å²) in [6, 6.07) is 14.8. The summed E-state index contributed by atoms with van der Waals surface area (Å²) in [7, 11) is 0. The third-order valence-corrected chi connectivity index (χ3v) is 3.28. The first-order chi connectivity index (χ1) is 8.72. The summed E-state index contributed by atoms with van der Waals surface area (Å²) >= 11 is 3.43. The molecule has 0 aromatic heterocycles. The number of nitrogen functional groups attached to an aromatic ring is 1. The van der Waals surface area contributed by atoms with E-state index in [0.29, 0.717) is 23.6 Å². The molecule has 0 atom stereocenters. The molecule has 18 heavy (non-hydrogen) atoms. The van der Waals surface area contributed by atoms with Crippen molar-refractivity contribution in [3.63, 3.8) is 0 Å². The maximum absolute atomic E-state index is 8.96. The zero-order valence-corrected chi connectivity index (χ0v) is 11.1. The number of nitrogens with zero attached hydrogens (tertiary/aromatic N) is 1. The van der Waals surface area contributed by atoms with Gasteiger partial charge in [-0.05, 0) is 24.3 Å². The predicted octanol–water partition coefficient (Wildman–Crippen LogP) is 3.48. The second-order valence-electron chi connectivity index (χ2n) is 3.70. The average molecular weight is 303 g/mol. The highest BCUT2D eigenvalue weighted by Gasteiger charge is 2.07. The summed E-state index contributed by atoms with van der Waals surface area (Å²) in [4.78, 5) is 0. The highest BCUT2D eigenvalue weighted by Crippen LogP contribution is 2.25. The second kappa shape index (κ2) is 5.56. The topological polar surface area (TPSA) is 59.0 Å². The van der Waals surface area contributed by atoms with Crippen LogP contribution in [-0.2, 0) is 6.61 Å². The van der Waals surface area contributed by atoms with Gasteiger partial charge in [-0.1, -0.05) is 34.1 Å². The first-order valence-corrected chi connectivity index (χ1v) is 6.16. The molecule has 0 spiro atoms. The van der Waals surface area contributed by atoms with Crippen LogP contribution in [0.4, 0.5) is 5.69 Å². The number of rotatable bonds is 3. The predicted molar refractivity (Wildman–Crippen MR) is 74.0 cm³/mol. The van der Waals surface area contributed by atoms with Gasteiger partial charge < -0.3 is 10.5 Å². The number of ether oxygens (including phenoxy) is 1. The van der Waals surface area contributed by atoms with E-state index in [1.807, 2.05) is 24.3 Å². The first-order valence-electron chi connectivity index (χ1n) is 5.37. The zero-order valence-electron chi connectivity index (χ0n) is 9.56.